The van der Waals surface area contributed by atoms with Crippen LogP contribution in [0.3, 0.4) is 0 Å². The molecule has 5 aromatic rings. The van der Waals surface area contributed by atoms with Gasteiger partial charge in [-0.2, -0.15) is 9.78 Å². The van der Waals surface area contributed by atoms with Crippen LogP contribution in [0.4, 0.5) is 22.9 Å². The summed E-state index contributed by atoms with van der Waals surface area (Å²) in [4.78, 5) is 17.2. The molecule has 39 heavy (non-hydrogen) atoms. The Hall–Kier alpha value is -5.04. The second-order valence-electron chi connectivity index (χ2n) is 9.91. The largest absolute Gasteiger partial charge is 0.337 e. The molecule has 2 aliphatic heterocycles. The standard InChI is InChI=1S/C32H27N7/c1-20-16-17-24(19-21(20)2)34-30-32-36-31-28(22(3)37-39(31)27-15-9-10-18-33-27)29(23-11-5-4-6-12-23)38(32)26-14-8-7-13-25(26)35-30/h4-19,29H,1-3H3,(H,34,35)/t29-/m1/s1. The zero-order valence-electron chi connectivity index (χ0n) is 22.0. The van der Waals surface area contributed by atoms with Crippen molar-refractivity contribution in [1.29, 1.82) is 0 Å². The number of hydrogen-bond acceptors (Lipinski definition) is 6. The average Bonchev–Trinajstić information content (AvgIpc) is 3.31. The molecule has 3 aromatic carbocycles. The molecule has 0 fully saturated rings. The maximum atomic E-state index is 5.27. The van der Waals surface area contributed by atoms with Gasteiger partial charge >= 0.3 is 0 Å². The maximum absolute atomic E-state index is 5.27. The van der Waals surface area contributed by atoms with Crippen LogP contribution < -0.4 is 10.2 Å². The van der Waals surface area contributed by atoms with Crippen molar-refractivity contribution in [1.82, 2.24) is 14.8 Å². The van der Waals surface area contributed by atoms with Crippen LogP contribution in [-0.2, 0) is 0 Å². The number of pyridine rings is 1. The van der Waals surface area contributed by atoms with Gasteiger partial charge in [-0.15, -0.1) is 0 Å². The van der Waals surface area contributed by atoms with Crippen molar-refractivity contribution in [3.63, 3.8) is 0 Å². The summed E-state index contributed by atoms with van der Waals surface area (Å²) in [6.45, 7) is 6.29. The lowest BCUT2D eigenvalue weighted by atomic mass is 9.93. The topological polar surface area (TPSA) is 70.7 Å². The molecule has 0 amide bonds. The van der Waals surface area contributed by atoms with E-state index >= 15 is 0 Å². The summed E-state index contributed by atoms with van der Waals surface area (Å²) in [5.74, 6) is 2.92. The molecule has 7 nitrogen and oxygen atoms in total. The summed E-state index contributed by atoms with van der Waals surface area (Å²) < 4.78 is 1.85. The van der Waals surface area contributed by atoms with Crippen LogP contribution in [0.1, 0.15) is 34.0 Å². The van der Waals surface area contributed by atoms with Gasteiger partial charge in [0.1, 0.15) is 0 Å². The number of para-hydroxylation sites is 2. The first kappa shape index (κ1) is 23.1. The number of amidine groups is 2. The molecule has 0 saturated carbocycles. The predicted molar refractivity (Wildman–Crippen MR) is 157 cm³/mol. The first-order chi connectivity index (χ1) is 19.1. The van der Waals surface area contributed by atoms with Crippen LogP contribution in [-0.4, -0.2) is 26.4 Å². The highest BCUT2D eigenvalue weighted by molar-refractivity contribution is 6.51. The van der Waals surface area contributed by atoms with E-state index in [9.17, 15) is 0 Å². The van der Waals surface area contributed by atoms with Gasteiger partial charge in [-0.1, -0.05) is 54.6 Å². The second kappa shape index (κ2) is 9.06. The Morgan fingerprint density at radius 3 is 2.36 bits per heavy atom. The number of aromatic nitrogens is 3. The summed E-state index contributed by atoms with van der Waals surface area (Å²) in [6.07, 6.45) is 1.78. The normalized spacial score (nSPS) is 15.6. The number of benzene rings is 3. The molecule has 0 spiro atoms. The minimum Gasteiger partial charge on any atom is -0.337 e. The van der Waals surface area contributed by atoms with Crippen molar-refractivity contribution in [2.75, 3.05) is 10.2 Å². The monoisotopic (exact) mass is 509 g/mol. The van der Waals surface area contributed by atoms with Gasteiger partial charge in [-0.3, -0.25) is 0 Å². The van der Waals surface area contributed by atoms with E-state index in [0.29, 0.717) is 5.84 Å². The Morgan fingerprint density at radius 2 is 1.56 bits per heavy atom. The van der Waals surface area contributed by atoms with Crippen LogP contribution in [0.15, 0.2) is 107 Å². The van der Waals surface area contributed by atoms with Crippen molar-refractivity contribution in [3.8, 4) is 5.82 Å². The van der Waals surface area contributed by atoms with Gasteiger partial charge in [0.15, 0.2) is 23.3 Å². The van der Waals surface area contributed by atoms with Crippen LogP contribution in [0.25, 0.3) is 5.82 Å². The first-order valence-electron chi connectivity index (χ1n) is 13.0. The van der Waals surface area contributed by atoms with Crippen LogP contribution in [0.5, 0.6) is 0 Å². The predicted octanol–water partition coefficient (Wildman–Crippen LogP) is 6.99. The Bertz CT molecular complexity index is 1770. The van der Waals surface area contributed by atoms with Crippen molar-refractivity contribution >= 4 is 34.6 Å². The van der Waals surface area contributed by atoms with Crippen molar-refractivity contribution in [2.24, 2.45) is 9.98 Å². The molecule has 0 saturated heterocycles. The molecule has 1 N–H and O–H groups in total. The van der Waals surface area contributed by atoms with Crippen LogP contribution in [0, 0.1) is 20.8 Å². The molecular formula is C32H27N7. The molecule has 4 heterocycles. The van der Waals surface area contributed by atoms with Gasteiger partial charge < -0.3 is 10.2 Å². The number of hydrogen-bond donors (Lipinski definition) is 1. The summed E-state index contributed by atoms with van der Waals surface area (Å²) in [5.41, 5.74) is 8.44. The lowest BCUT2D eigenvalue weighted by Crippen LogP contribution is -2.46. The number of nitrogens with zero attached hydrogens (tertiary/aromatic N) is 6. The lowest BCUT2D eigenvalue weighted by Gasteiger charge is -2.40. The third kappa shape index (κ3) is 3.82. The van der Waals surface area contributed by atoms with E-state index in [1.807, 2.05) is 41.9 Å². The lowest BCUT2D eigenvalue weighted by molar-refractivity contribution is 0.810. The van der Waals surface area contributed by atoms with E-state index in [0.717, 1.165) is 51.4 Å². The molecule has 7 rings (SSSR count). The number of fused-ring (bicyclic) bond motifs is 4. The van der Waals surface area contributed by atoms with Crippen molar-refractivity contribution in [3.05, 3.63) is 125 Å². The smallest absolute Gasteiger partial charge is 0.179 e. The summed E-state index contributed by atoms with van der Waals surface area (Å²) >= 11 is 0. The highest BCUT2D eigenvalue weighted by atomic mass is 15.4. The Morgan fingerprint density at radius 1 is 0.769 bits per heavy atom. The highest BCUT2D eigenvalue weighted by Gasteiger charge is 2.41. The summed E-state index contributed by atoms with van der Waals surface area (Å²) in [7, 11) is 0. The minimum atomic E-state index is -0.153. The van der Waals surface area contributed by atoms with E-state index in [4.69, 9.17) is 15.1 Å². The number of nitrogens with one attached hydrogen (secondary N) is 1. The van der Waals surface area contributed by atoms with Gasteiger partial charge in [0.2, 0.25) is 0 Å². The molecule has 190 valence electrons. The van der Waals surface area contributed by atoms with Gasteiger partial charge in [0.25, 0.3) is 0 Å². The summed E-state index contributed by atoms with van der Waals surface area (Å²) in [6, 6.07) is 30.8. The van der Waals surface area contributed by atoms with Crippen molar-refractivity contribution in [2.45, 2.75) is 26.8 Å². The van der Waals surface area contributed by atoms with E-state index in [-0.39, 0.29) is 6.04 Å². The van der Waals surface area contributed by atoms with E-state index in [1.54, 1.807) is 6.20 Å². The molecule has 0 bridgehead atoms. The third-order valence-corrected chi connectivity index (χ3v) is 7.39. The molecule has 2 aromatic heterocycles. The molecule has 0 unspecified atom stereocenters. The van der Waals surface area contributed by atoms with Gasteiger partial charge in [-0.25, -0.2) is 15.0 Å². The number of aryl methyl sites for hydroxylation is 3. The van der Waals surface area contributed by atoms with Gasteiger partial charge in [0, 0.05) is 17.4 Å². The van der Waals surface area contributed by atoms with Crippen LogP contribution in [0.2, 0.25) is 0 Å². The fourth-order valence-corrected chi connectivity index (χ4v) is 5.34. The quantitative estimate of drug-likeness (QED) is 0.285. The van der Waals surface area contributed by atoms with E-state index in [2.05, 4.69) is 89.7 Å². The van der Waals surface area contributed by atoms with Gasteiger partial charge in [-0.05, 0) is 73.9 Å². The van der Waals surface area contributed by atoms with Crippen molar-refractivity contribution < 1.29 is 0 Å². The molecule has 2 aliphatic rings. The second-order valence-corrected chi connectivity index (χ2v) is 9.91. The first-order valence-corrected chi connectivity index (χ1v) is 13.0. The third-order valence-electron chi connectivity index (χ3n) is 7.39. The SMILES string of the molecule is Cc1ccc(NC2=Nc3ccccc3N3C2=Nc2c(c(C)nn2-c2ccccn2)[C@H]3c2ccccc2)cc1C. The highest BCUT2D eigenvalue weighted by Crippen LogP contribution is 2.48. The zero-order chi connectivity index (χ0) is 26.5. The van der Waals surface area contributed by atoms with Crippen LogP contribution >= 0.6 is 0 Å². The minimum absolute atomic E-state index is 0.153. The summed E-state index contributed by atoms with van der Waals surface area (Å²) in [5, 5.41) is 8.53. The molecule has 7 heteroatoms. The molecule has 0 radical (unpaired) electrons. The Labute approximate surface area is 227 Å². The zero-order valence-corrected chi connectivity index (χ0v) is 22.0. The van der Waals surface area contributed by atoms with E-state index in [1.165, 1.54) is 11.1 Å². The maximum Gasteiger partial charge on any atom is 0.179 e. The molecular weight excluding hydrogens is 482 g/mol. The fraction of sp³-hybridized carbons (Fsp3) is 0.125. The Balaban J connectivity index is 1.49. The number of aliphatic imine (C=N–C) groups is 2. The number of anilines is 2. The molecule has 0 aliphatic carbocycles. The number of rotatable bonds is 3. The van der Waals surface area contributed by atoms with Gasteiger partial charge in [0.05, 0.1) is 23.1 Å². The molecule has 1 atom stereocenters. The Kier molecular flexibility index (Phi) is 5.37. The van der Waals surface area contributed by atoms with E-state index < -0.39 is 0 Å². The fourth-order valence-electron chi connectivity index (χ4n) is 5.34. The average molecular weight is 510 g/mol.